The molecule has 13 heteroatoms. The minimum absolute atomic E-state index is 0.121. The van der Waals surface area contributed by atoms with Crippen LogP contribution in [0.1, 0.15) is 43.8 Å². The van der Waals surface area contributed by atoms with E-state index in [4.69, 9.17) is 23.4 Å². The van der Waals surface area contributed by atoms with Crippen molar-refractivity contribution in [2.45, 2.75) is 37.8 Å². The van der Waals surface area contributed by atoms with Crippen LogP contribution in [0.3, 0.4) is 0 Å². The van der Waals surface area contributed by atoms with Gasteiger partial charge in [-0.3, -0.25) is 9.59 Å². The first-order valence-electron chi connectivity index (χ1n) is 11.0. The number of anilines is 1. The van der Waals surface area contributed by atoms with Crippen molar-refractivity contribution in [1.82, 2.24) is 10.2 Å². The standard InChI is InChI=1S/C23H25N3O8S2/c1-5-30-17-8-14(9-18(31-6-2)20(17)32-7-3)21(29)34-19-11-33-15(10-16(19)28)12-35-23-26-25-22(36-23)24-13(4)27/h8-11H,5-7,12H2,1-4H3,(H,24,25,27). The Balaban J connectivity index is 1.72. The van der Waals surface area contributed by atoms with E-state index in [1.54, 1.807) is 13.8 Å². The fourth-order valence-electron chi connectivity index (χ4n) is 2.86. The number of ether oxygens (including phenoxy) is 4. The monoisotopic (exact) mass is 535 g/mol. The Morgan fingerprint density at radius 3 is 2.25 bits per heavy atom. The van der Waals surface area contributed by atoms with Crippen LogP contribution in [0.5, 0.6) is 23.0 Å². The summed E-state index contributed by atoms with van der Waals surface area (Å²) in [4.78, 5) is 36.4. The van der Waals surface area contributed by atoms with E-state index in [-0.39, 0.29) is 23.0 Å². The number of esters is 1. The van der Waals surface area contributed by atoms with Gasteiger partial charge in [0.1, 0.15) is 12.0 Å². The Morgan fingerprint density at radius 1 is 1.00 bits per heavy atom. The van der Waals surface area contributed by atoms with Crippen LogP contribution in [-0.4, -0.2) is 41.9 Å². The summed E-state index contributed by atoms with van der Waals surface area (Å²) in [6, 6.07) is 4.19. The highest BCUT2D eigenvalue weighted by Gasteiger charge is 2.21. The van der Waals surface area contributed by atoms with E-state index in [1.807, 2.05) is 6.92 Å². The molecule has 0 saturated carbocycles. The first-order chi connectivity index (χ1) is 17.3. The third-order valence-corrected chi connectivity index (χ3v) is 6.22. The Labute approximate surface area is 215 Å². The van der Waals surface area contributed by atoms with Crippen LogP contribution >= 0.6 is 23.1 Å². The molecule has 3 rings (SSSR count). The van der Waals surface area contributed by atoms with Gasteiger partial charge in [-0.2, -0.15) is 0 Å². The van der Waals surface area contributed by atoms with Crippen molar-refractivity contribution < 1.29 is 33.0 Å². The SMILES string of the molecule is CCOc1cc(C(=O)Oc2coc(CSc3nnc(NC(C)=O)s3)cc2=O)cc(OCC)c1OCC. The van der Waals surface area contributed by atoms with E-state index in [0.29, 0.717) is 52.3 Å². The fraction of sp³-hybridized carbons (Fsp3) is 0.348. The number of aromatic nitrogens is 2. The summed E-state index contributed by atoms with van der Waals surface area (Å²) in [7, 11) is 0. The molecule has 0 atom stereocenters. The van der Waals surface area contributed by atoms with E-state index < -0.39 is 11.4 Å². The third kappa shape index (κ3) is 7.21. The summed E-state index contributed by atoms with van der Waals surface area (Å²) in [5.41, 5.74) is -0.405. The van der Waals surface area contributed by atoms with E-state index in [1.165, 1.54) is 48.2 Å². The highest BCUT2D eigenvalue weighted by Crippen LogP contribution is 2.39. The first kappa shape index (κ1) is 27.0. The van der Waals surface area contributed by atoms with Gasteiger partial charge in [-0.1, -0.05) is 23.1 Å². The van der Waals surface area contributed by atoms with E-state index in [9.17, 15) is 14.4 Å². The van der Waals surface area contributed by atoms with Crippen LogP contribution < -0.4 is 29.7 Å². The summed E-state index contributed by atoms with van der Waals surface area (Å²) in [6.07, 6.45) is 1.08. The lowest BCUT2D eigenvalue weighted by molar-refractivity contribution is -0.114. The Morgan fingerprint density at radius 2 is 1.67 bits per heavy atom. The van der Waals surface area contributed by atoms with Crippen molar-refractivity contribution in [2.24, 2.45) is 0 Å². The molecule has 36 heavy (non-hydrogen) atoms. The molecule has 0 bridgehead atoms. The molecule has 192 valence electrons. The maximum Gasteiger partial charge on any atom is 0.344 e. The number of rotatable bonds is 12. The number of nitrogens with zero attached hydrogens (tertiary/aromatic N) is 2. The molecule has 1 amide bonds. The number of benzene rings is 1. The lowest BCUT2D eigenvalue weighted by Gasteiger charge is -2.16. The molecule has 0 radical (unpaired) electrons. The van der Waals surface area contributed by atoms with Crippen LogP contribution in [0.25, 0.3) is 0 Å². The van der Waals surface area contributed by atoms with Gasteiger partial charge in [0.2, 0.25) is 28.0 Å². The molecule has 3 aromatic rings. The third-order valence-electron chi connectivity index (χ3n) is 4.23. The van der Waals surface area contributed by atoms with Gasteiger partial charge in [-0.15, -0.1) is 10.2 Å². The molecule has 0 fully saturated rings. The lowest BCUT2D eigenvalue weighted by Crippen LogP contribution is -2.15. The number of carbonyl (C=O) groups excluding carboxylic acids is 2. The highest BCUT2D eigenvalue weighted by molar-refractivity contribution is 8.00. The zero-order chi connectivity index (χ0) is 26.1. The average molecular weight is 536 g/mol. The smallest absolute Gasteiger partial charge is 0.344 e. The summed E-state index contributed by atoms with van der Waals surface area (Å²) < 4.78 is 28.2. The second-order valence-corrected chi connectivity index (χ2v) is 9.11. The van der Waals surface area contributed by atoms with Crippen LogP contribution in [-0.2, 0) is 10.5 Å². The summed E-state index contributed by atoms with van der Waals surface area (Å²) in [5.74, 6) is 0.388. The summed E-state index contributed by atoms with van der Waals surface area (Å²) in [5, 5.41) is 10.7. The maximum absolute atomic E-state index is 12.8. The van der Waals surface area contributed by atoms with E-state index in [0.717, 1.165) is 6.26 Å². The van der Waals surface area contributed by atoms with Crippen LogP contribution in [0, 0.1) is 0 Å². The molecular formula is C23H25N3O8S2. The molecule has 11 nitrogen and oxygen atoms in total. The second kappa shape index (κ2) is 12.9. The minimum Gasteiger partial charge on any atom is -0.490 e. The number of hydrogen-bond donors (Lipinski definition) is 1. The van der Waals surface area contributed by atoms with Crippen LogP contribution in [0.4, 0.5) is 5.13 Å². The van der Waals surface area contributed by atoms with Crippen molar-refractivity contribution in [1.29, 1.82) is 0 Å². The summed E-state index contributed by atoms with van der Waals surface area (Å²) in [6.45, 7) is 7.88. The quantitative estimate of drug-likeness (QED) is 0.203. The zero-order valence-electron chi connectivity index (χ0n) is 20.1. The predicted molar refractivity (Wildman–Crippen MR) is 134 cm³/mol. The van der Waals surface area contributed by atoms with Gasteiger partial charge in [0.15, 0.2) is 15.8 Å². The van der Waals surface area contributed by atoms with Gasteiger partial charge in [0.25, 0.3) is 0 Å². The molecule has 1 N–H and O–H groups in total. The molecule has 0 aliphatic carbocycles. The molecule has 1 aromatic carbocycles. The van der Waals surface area contributed by atoms with Crippen molar-refractivity contribution in [3.8, 4) is 23.0 Å². The predicted octanol–water partition coefficient (Wildman–Crippen LogP) is 4.16. The Bertz CT molecular complexity index is 1250. The largest absolute Gasteiger partial charge is 0.490 e. The highest BCUT2D eigenvalue weighted by atomic mass is 32.2. The number of nitrogens with one attached hydrogen (secondary N) is 1. The van der Waals surface area contributed by atoms with Crippen molar-refractivity contribution >= 4 is 40.1 Å². The first-order valence-corrected chi connectivity index (χ1v) is 12.8. The molecule has 0 aliphatic heterocycles. The minimum atomic E-state index is -0.784. The van der Waals surface area contributed by atoms with Crippen molar-refractivity contribution in [3.63, 3.8) is 0 Å². The van der Waals surface area contributed by atoms with E-state index in [2.05, 4.69) is 15.5 Å². The van der Waals surface area contributed by atoms with Gasteiger partial charge in [0.05, 0.1) is 31.1 Å². The topological polar surface area (TPSA) is 139 Å². The molecule has 0 saturated heterocycles. The Hall–Kier alpha value is -3.58. The number of thioether (sulfide) groups is 1. The molecule has 2 heterocycles. The van der Waals surface area contributed by atoms with Gasteiger partial charge in [-0.05, 0) is 32.9 Å². The number of amides is 1. The van der Waals surface area contributed by atoms with Gasteiger partial charge in [0, 0.05) is 13.0 Å². The maximum atomic E-state index is 12.8. The molecule has 0 spiro atoms. The molecular weight excluding hydrogens is 510 g/mol. The normalized spacial score (nSPS) is 10.6. The van der Waals surface area contributed by atoms with Gasteiger partial charge >= 0.3 is 5.97 Å². The van der Waals surface area contributed by atoms with Crippen molar-refractivity contribution in [2.75, 3.05) is 25.1 Å². The van der Waals surface area contributed by atoms with E-state index >= 15 is 0 Å². The lowest BCUT2D eigenvalue weighted by atomic mass is 10.2. The summed E-state index contributed by atoms with van der Waals surface area (Å²) >= 11 is 2.48. The second-order valence-electron chi connectivity index (χ2n) is 6.91. The van der Waals surface area contributed by atoms with Crippen LogP contribution in [0.15, 0.2) is 38.0 Å². The van der Waals surface area contributed by atoms with Gasteiger partial charge in [-0.25, -0.2) is 4.79 Å². The van der Waals surface area contributed by atoms with Crippen LogP contribution in [0.2, 0.25) is 0 Å². The molecule has 0 unspecified atom stereocenters. The van der Waals surface area contributed by atoms with Gasteiger partial charge < -0.3 is 28.7 Å². The van der Waals surface area contributed by atoms with Crippen molar-refractivity contribution in [3.05, 3.63) is 46.0 Å². The average Bonchev–Trinajstić information content (AvgIpc) is 3.28. The number of carbonyl (C=O) groups is 2. The fourth-order valence-corrected chi connectivity index (χ4v) is 4.54. The molecule has 2 aromatic heterocycles. The number of hydrogen-bond acceptors (Lipinski definition) is 12. The zero-order valence-corrected chi connectivity index (χ0v) is 21.7. The molecule has 0 aliphatic rings. The Kier molecular flexibility index (Phi) is 9.70.